The zero-order valence-corrected chi connectivity index (χ0v) is 7.14. The average Bonchev–Trinajstić information content (AvgIpc) is 1.86. The molecule has 0 spiro atoms. The van der Waals surface area contributed by atoms with E-state index in [0.29, 0.717) is 4.48 Å². The van der Waals surface area contributed by atoms with Gasteiger partial charge < -0.3 is 0 Å². The molecule has 1 heterocycles. The number of rotatable bonds is 0. The average molecular weight is 221 g/mol. The van der Waals surface area contributed by atoms with Gasteiger partial charge in [0.1, 0.15) is 0 Å². The third-order valence-electron chi connectivity index (χ3n) is 1.07. The summed E-state index contributed by atoms with van der Waals surface area (Å²) in [5.41, 5.74) is -0.664. The standard InChI is InChI=1S/C6H3AsF3N/c7-5-3-4(1-2-11-5)6(8,9)10/h1-3H. The summed E-state index contributed by atoms with van der Waals surface area (Å²) < 4.78 is 36.1. The summed E-state index contributed by atoms with van der Waals surface area (Å²) in [6.07, 6.45) is -3.13. The van der Waals surface area contributed by atoms with Crippen LogP contribution in [0.3, 0.4) is 0 Å². The Bertz CT molecular complexity index is 258. The molecule has 0 aromatic carbocycles. The minimum atomic E-state index is -4.27. The summed E-state index contributed by atoms with van der Waals surface area (Å²) in [7, 11) is 0. The number of nitrogens with zero attached hydrogens (tertiary/aromatic N) is 1. The zero-order valence-electron chi connectivity index (χ0n) is 5.26. The molecule has 1 aromatic rings. The van der Waals surface area contributed by atoms with E-state index in [1.807, 2.05) is 16.9 Å². The molecule has 0 saturated heterocycles. The first-order valence-corrected chi connectivity index (χ1v) is 3.66. The molecule has 0 aliphatic heterocycles. The quantitative estimate of drug-likeness (QED) is 0.593. The van der Waals surface area contributed by atoms with E-state index >= 15 is 0 Å². The van der Waals surface area contributed by atoms with E-state index in [-0.39, 0.29) is 0 Å². The van der Waals surface area contributed by atoms with Gasteiger partial charge in [0.15, 0.2) is 0 Å². The van der Waals surface area contributed by atoms with Crippen molar-refractivity contribution in [3.63, 3.8) is 0 Å². The number of hydrogen-bond acceptors (Lipinski definition) is 1. The number of alkyl halides is 3. The van der Waals surface area contributed by atoms with Gasteiger partial charge >= 0.3 is 69.6 Å². The van der Waals surface area contributed by atoms with E-state index in [1.54, 1.807) is 0 Å². The Kier molecular flexibility index (Phi) is 2.23. The van der Waals surface area contributed by atoms with Crippen LogP contribution < -0.4 is 4.48 Å². The number of hydrogen-bond donors (Lipinski definition) is 0. The van der Waals surface area contributed by atoms with Crippen molar-refractivity contribution < 1.29 is 13.2 Å². The molecule has 1 aromatic heterocycles. The van der Waals surface area contributed by atoms with Crippen LogP contribution in [-0.4, -0.2) is 21.8 Å². The fraction of sp³-hybridized carbons (Fsp3) is 0.167. The Morgan fingerprint density at radius 3 is 2.36 bits per heavy atom. The third-order valence-corrected chi connectivity index (χ3v) is 1.59. The van der Waals surface area contributed by atoms with Crippen molar-refractivity contribution in [3.8, 4) is 0 Å². The minimum absolute atomic E-state index is 0.312. The molecule has 0 aliphatic carbocycles. The monoisotopic (exact) mass is 221 g/mol. The Balaban J connectivity index is 3.06. The molecule has 0 unspecified atom stereocenters. The van der Waals surface area contributed by atoms with Crippen molar-refractivity contribution in [2.24, 2.45) is 0 Å². The van der Waals surface area contributed by atoms with Crippen molar-refractivity contribution >= 4 is 21.3 Å². The summed E-state index contributed by atoms with van der Waals surface area (Å²) in [6, 6.07) is 1.93. The van der Waals surface area contributed by atoms with E-state index in [1.165, 1.54) is 0 Å². The maximum absolute atomic E-state index is 11.9. The van der Waals surface area contributed by atoms with Crippen LogP contribution in [0.5, 0.6) is 0 Å². The van der Waals surface area contributed by atoms with E-state index in [4.69, 9.17) is 0 Å². The van der Waals surface area contributed by atoms with Crippen LogP contribution in [0.25, 0.3) is 0 Å². The molecule has 0 aliphatic rings. The van der Waals surface area contributed by atoms with E-state index < -0.39 is 11.7 Å². The molecule has 2 radical (unpaired) electrons. The van der Waals surface area contributed by atoms with Crippen LogP contribution in [0.15, 0.2) is 18.3 Å². The van der Waals surface area contributed by atoms with Crippen molar-refractivity contribution in [1.82, 2.24) is 4.98 Å². The Hall–Kier alpha value is -0.502. The molecule has 58 valence electrons. The molecule has 0 bridgehead atoms. The normalized spacial score (nSPS) is 11.6. The van der Waals surface area contributed by atoms with Crippen molar-refractivity contribution in [1.29, 1.82) is 0 Å². The summed E-state index contributed by atoms with van der Waals surface area (Å²) >= 11 is 1.96. The van der Waals surface area contributed by atoms with E-state index in [2.05, 4.69) is 4.98 Å². The van der Waals surface area contributed by atoms with Crippen molar-refractivity contribution in [3.05, 3.63) is 23.9 Å². The van der Waals surface area contributed by atoms with Gasteiger partial charge in [-0.1, -0.05) is 0 Å². The van der Waals surface area contributed by atoms with Gasteiger partial charge in [0.05, 0.1) is 0 Å². The summed E-state index contributed by atoms with van der Waals surface area (Å²) in [4.78, 5) is 3.63. The van der Waals surface area contributed by atoms with Gasteiger partial charge in [-0.2, -0.15) is 0 Å². The summed E-state index contributed by atoms with van der Waals surface area (Å²) in [6.45, 7) is 0. The zero-order chi connectivity index (χ0) is 8.48. The van der Waals surface area contributed by atoms with Crippen LogP contribution in [0.1, 0.15) is 5.56 Å². The molecule has 0 amide bonds. The number of halogens is 3. The molecule has 1 rings (SSSR count). The third kappa shape index (κ3) is 2.22. The van der Waals surface area contributed by atoms with Crippen LogP contribution in [0.2, 0.25) is 0 Å². The molecule has 11 heavy (non-hydrogen) atoms. The van der Waals surface area contributed by atoms with Gasteiger partial charge in [0, 0.05) is 0 Å². The molecular formula is C6H3AsF3N. The van der Waals surface area contributed by atoms with Gasteiger partial charge in [-0.05, 0) is 0 Å². The van der Waals surface area contributed by atoms with E-state index in [9.17, 15) is 13.2 Å². The molecule has 0 fully saturated rings. The van der Waals surface area contributed by atoms with E-state index in [0.717, 1.165) is 18.3 Å². The molecule has 1 nitrogen and oxygen atoms in total. The second-order valence-corrected chi connectivity index (χ2v) is 2.86. The number of aromatic nitrogens is 1. The SMILES string of the molecule is FC(F)(F)c1ccnc([As])c1. The first kappa shape index (κ1) is 8.59. The predicted octanol–water partition coefficient (Wildman–Crippen LogP) is 0.894. The fourth-order valence-electron chi connectivity index (χ4n) is 0.595. The predicted molar refractivity (Wildman–Crippen MR) is 34.6 cm³/mol. The summed E-state index contributed by atoms with van der Waals surface area (Å²) in [5.74, 6) is 0. The Morgan fingerprint density at radius 2 is 2.00 bits per heavy atom. The molecule has 0 N–H and O–H groups in total. The van der Waals surface area contributed by atoms with Crippen LogP contribution in [0, 0.1) is 0 Å². The van der Waals surface area contributed by atoms with Crippen molar-refractivity contribution in [2.75, 3.05) is 0 Å². The molecule has 0 atom stereocenters. The van der Waals surface area contributed by atoms with Gasteiger partial charge in [-0.15, -0.1) is 0 Å². The molecular weight excluding hydrogens is 218 g/mol. The molecule has 5 heteroatoms. The second-order valence-electron chi connectivity index (χ2n) is 1.90. The first-order chi connectivity index (χ1) is 5.00. The maximum atomic E-state index is 11.9. The van der Waals surface area contributed by atoms with Crippen LogP contribution in [0.4, 0.5) is 13.2 Å². The Morgan fingerprint density at radius 1 is 1.36 bits per heavy atom. The van der Waals surface area contributed by atoms with Gasteiger partial charge in [0.25, 0.3) is 0 Å². The molecule has 0 saturated carbocycles. The second kappa shape index (κ2) is 2.86. The van der Waals surface area contributed by atoms with Gasteiger partial charge in [-0.25, -0.2) is 0 Å². The first-order valence-electron chi connectivity index (χ1n) is 2.72. The number of pyridine rings is 1. The summed E-state index contributed by atoms with van der Waals surface area (Å²) in [5, 5.41) is 0. The fourth-order valence-corrected chi connectivity index (χ4v) is 1.03. The van der Waals surface area contributed by atoms with Crippen LogP contribution in [-0.2, 0) is 6.18 Å². The Labute approximate surface area is 70.1 Å². The topological polar surface area (TPSA) is 12.9 Å². The van der Waals surface area contributed by atoms with Crippen molar-refractivity contribution in [2.45, 2.75) is 6.18 Å². The van der Waals surface area contributed by atoms with Crippen LogP contribution >= 0.6 is 0 Å². The van der Waals surface area contributed by atoms with Gasteiger partial charge in [-0.3, -0.25) is 0 Å². The van der Waals surface area contributed by atoms with Gasteiger partial charge in [0.2, 0.25) is 0 Å².